The SMILES string of the molecule is CCn1ncnc1N1CC[C@](NC(=O)c2cc(C)oc2C)(c2ccccc2)[C@H](O)C1. The summed E-state index contributed by atoms with van der Waals surface area (Å²) in [7, 11) is 0. The molecule has 2 aromatic heterocycles. The molecule has 0 saturated carbocycles. The van der Waals surface area contributed by atoms with Crippen LogP contribution in [0.2, 0.25) is 0 Å². The number of aliphatic hydroxyl groups is 1. The second kappa shape index (κ2) is 7.95. The van der Waals surface area contributed by atoms with Gasteiger partial charge in [0.1, 0.15) is 17.8 Å². The lowest BCUT2D eigenvalue weighted by Gasteiger charge is -2.46. The number of aromatic nitrogens is 3. The Morgan fingerprint density at radius 3 is 2.73 bits per heavy atom. The van der Waals surface area contributed by atoms with Gasteiger partial charge in [-0.15, -0.1) is 0 Å². The van der Waals surface area contributed by atoms with E-state index in [4.69, 9.17) is 4.42 Å². The third-order valence-electron chi connectivity index (χ3n) is 5.83. The molecule has 158 valence electrons. The maximum absolute atomic E-state index is 13.2. The van der Waals surface area contributed by atoms with Crippen LogP contribution in [0.15, 0.2) is 47.1 Å². The highest BCUT2D eigenvalue weighted by atomic mass is 16.3. The highest BCUT2D eigenvalue weighted by Crippen LogP contribution is 2.35. The first-order valence-electron chi connectivity index (χ1n) is 10.2. The highest BCUT2D eigenvalue weighted by molar-refractivity contribution is 5.96. The minimum absolute atomic E-state index is 0.252. The summed E-state index contributed by atoms with van der Waals surface area (Å²) >= 11 is 0. The third kappa shape index (κ3) is 3.47. The van der Waals surface area contributed by atoms with Crippen molar-refractivity contribution in [3.05, 3.63) is 65.4 Å². The molecule has 1 fully saturated rings. The third-order valence-corrected chi connectivity index (χ3v) is 5.83. The van der Waals surface area contributed by atoms with Gasteiger partial charge in [0.05, 0.1) is 17.2 Å². The summed E-state index contributed by atoms with van der Waals surface area (Å²) in [5, 5.41) is 18.7. The van der Waals surface area contributed by atoms with Gasteiger partial charge in [-0.05, 0) is 38.8 Å². The molecule has 3 aromatic rings. The second-order valence-electron chi connectivity index (χ2n) is 7.71. The Labute approximate surface area is 175 Å². The van der Waals surface area contributed by atoms with Crippen molar-refractivity contribution in [1.29, 1.82) is 0 Å². The van der Waals surface area contributed by atoms with Crippen molar-refractivity contribution >= 4 is 11.9 Å². The summed E-state index contributed by atoms with van der Waals surface area (Å²) in [6.45, 7) is 7.23. The lowest BCUT2D eigenvalue weighted by molar-refractivity contribution is 0.0360. The summed E-state index contributed by atoms with van der Waals surface area (Å²) in [6.07, 6.45) is 1.21. The molecule has 8 nitrogen and oxygen atoms in total. The lowest BCUT2D eigenvalue weighted by atomic mass is 9.78. The predicted octanol–water partition coefficient (Wildman–Crippen LogP) is 2.40. The zero-order valence-corrected chi connectivity index (χ0v) is 17.5. The van der Waals surface area contributed by atoms with Crippen molar-refractivity contribution in [2.45, 2.75) is 45.4 Å². The van der Waals surface area contributed by atoms with Crippen LogP contribution in [-0.4, -0.2) is 45.0 Å². The molecule has 1 aliphatic rings. The van der Waals surface area contributed by atoms with Crippen molar-refractivity contribution in [3.63, 3.8) is 0 Å². The molecule has 0 spiro atoms. The van der Waals surface area contributed by atoms with Gasteiger partial charge in [0, 0.05) is 19.6 Å². The smallest absolute Gasteiger partial charge is 0.255 e. The van der Waals surface area contributed by atoms with Gasteiger partial charge in [-0.1, -0.05) is 30.3 Å². The van der Waals surface area contributed by atoms with Gasteiger partial charge in [-0.3, -0.25) is 4.79 Å². The number of nitrogens with one attached hydrogen (secondary N) is 1. The van der Waals surface area contributed by atoms with Crippen molar-refractivity contribution in [1.82, 2.24) is 20.1 Å². The van der Waals surface area contributed by atoms with Crippen LogP contribution in [0.3, 0.4) is 0 Å². The van der Waals surface area contributed by atoms with Gasteiger partial charge in [0.25, 0.3) is 5.91 Å². The molecule has 4 rings (SSSR count). The normalized spacial score (nSPS) is 21.6. The molecule has 2 atom stereocenters. The number of β-amino-alcohol motifs (C(OH)–C–C–N with tert-alkyl or cyclic N) is 1. The maximum Gasteiger partial charge on any atom is 0.255 e. The lowest BCUT2D eigenvalue weighted by Crippen LogP contribution is -2.62. The van der Waals surface area contributed by atoms with E-state index in [1.165, 1.54) is 6.33 Å². The molecular weight excluding hydrogens is 382 g/mol. The van der Waals surface area contributed by atoms with Crippen LogP contribution in [0.25, 0.3) is 0 Å². The predicted molar refractivity (Wildman–Crippen MR) is 112 cm³/mol. The molecular formula is C22H27N5O3. The number of aliphatic hydroxyl groups excluding tert-OH is 1. The number of nitrogens with zero attached hydrogens (tertiary/aromatic N) is 4. The molecule has 0 bridgehead atoms. The summed E-state index contributed by atoms with van der Waals surface area (Å²) in [4.78, 5) is 19.5. The number of piperidine rings is 1. The number of hydrogen-bond acceptors (Lipinski definition) is 6. The molecule has 1 saturated heterocycles. The number of carbonyl (C=O) groups is 1. The monoisotopic (exact) mass is 409 g/mol. The summed E-state index contributed by atoms with van der Waals surface area (Å²) in [5.74, 6) is 1.72. The first kappa shape index (κ1) is 20.2. The van der Waals surface area contributed by atoms with E-state index in [2.05, 4.69) is 15.4 Å². The van der Waals surface area contributed by atoms with E-state index >= 15 is 0 Å². The molecule has 0 radical (unpaired) electrons. The van der Waals surface area contributed by atoms with Gasteiger partial charge in [-0.2, -0.15) is 10.1 Å². The fourth-order valence-corrected chi connectivity index (χ4v) is 4.26. The number of carbonyl (C=O) groups excluding carboxylic acids is 1. The quantitative estimate of drug-likeness (QED) is 0.672. The fourth-order valence-electron chi connectivity index (χ4n) is 4.26. The van der Waals surface area contributed by atoms with Gasteiger partial charge in [0.2, 0.25) is 5.95 Å². The minimum atomic E-state index is -0.913. The molecule has 1 amide bonds. The minimum Gasteiger partial charge on any atom is -0.466 e. The number of rotatable bonds is 5. The zero-order chi connectivity index (χ0) is 21.3. The number of anilines is 1. The standard InChI is InChI=1S/C22H27N5O3/c1-4-27-21(23-14-24-27)26-11-10-22(19(28)13-26,17-8-6-5-7-9-17)25-20(29)18-12-15(2)30-16(18)3/h5-9,12,14,19,28H,4,10-11,13H2,1-3H3,(H,25,29)/t19-,22+/m1/s1. The molecule has 0 aliphatic carbocycles. The zero-order valence-electron chi connectivity index (χ0n) is 17.5. The van der Waals surface area contributed by atoms with E-state index in [9.17, 15) is 9.90 Å². The Morgan fingerprint density at radius 1 is 1.33 bits per heavy atom. The first-order valence-corrected chi connectivity index (χ1v) is 10.2. The van der Waals surface area contributed by atoms with Crippen LogP contribution in [0, 0.1) is 13.8 Å². The second-order valence-corrected chi connectivity index (χ2v) is 7.71. The van der Waals surface area contributed by atoms with Crippen LogP contribution in [-0.2, 0) is 12.1 Å². The van der Waals surface area contributed by atoms with E-state index in [1.54, 1.807) is 17.7 Å². The number of benzene rings is 1. The van der Waals surface area contributed by atoms with Crippen molar-refractivity contribution in [2.75, 3.05) is 18.0 Å². The summed E-state index contributed by atoms with van der Waals surface area (Å²) < 4.78 is 7.34. The van der Waals surface area contributed by atoms with Gasteiger partial charge in [-0.25, -0.2) is 4.68 Å². The van der Waals surface area contributed by atoms with Crippen molar-refractivity contribution < 1.29 is 14.3 Å². The number of furan rings is 1. The van der Waals surface area contributed by atoms with Crippen LogP contribution in [0.5, 0.6) is 0 Å². The largest absolute Gasteiger partial charge is 0.466 e. The van der Waals surface area contributed by atoms with E-state index in [1.807, 2.05) is 49.1 Å². The Kier molecular flexibility index (Phi) is 5.34. The van der Waals surface area contributed by atoms with E-state index in [0.29, 0.717) is 43.1 Å². The van der Waals surface area contributed by atoms with E-state index in [0.717, 1.165) is 11.5 Å². The highest BCUT2D eigenvalue weighted by Gasteiger charge is 2.46. The van der Waals surface area contributed by atoms with Crippen LogP contribution < -0.4 is 10.2 Å². The number of aryl methyl sites for hydroxylation is 3. The van der Waals surface area contributed by atoms with E-state index < -0.39 is 11.6 Å². The van der Waals surface area contributed by atoms with Crippen LogP contribution >= 0.6 is 0 Å². The molecule has 2 N–H and O–H groups in total. The summed E-state index contributed by atoms with van der Waals surface area (Å²) in [6, 6.07) is 11.4. The molecule has 1 aliphatic heterocycles. The van der Waals surface area contributed by atoms with Gasteiger partial charge < -0.3 is 19.7 Å². The molecule has 0 unspecified atom stereocenters. The number of hydrogen-bond donors (Lipinski definition) is 2. The number of amides is 1. The molecule has 30 heavy (non-hydrogen) atoms. The first-order chi connectivity index (χ1) is 14.4. The fraction of sp³-hybridized carbons (Fsp3) is 0.409. The average molecular weight is 409 g/mol. The topological polar surface area (TPSA) is 96.4 Å². The van der Waals surface area contributed by atoms with Crippen molar-refractivity contribution in [3.8, 4) is 0 Å². The maximum atomic E-state index is 13.2. The Bertz CT molecular complexity index is 1030. The molecule has 3 heterocycles. The Hall–Kier alpha value is -3.13. The van der Waals surface area contributed by atoms with E-state index in [-0.39, 0.29) is 5.91 Å². The summed E-state index contributed by atoms with van der Waals surface area (Å²) in [5.41, 5.74) is 0.451. The molecule has 8 heteroatoms. The van der Waals surface area contributed by atoms with Crippen LogP contribution in [0.4, 0.5) is 5.95 Å². The molecule has 1 aromatic carbocycles. The Morgan fingerprint density at radius 2 is 2.10 bits per heavy atom. The Balaban J connectivity index is 1.66. The van der Waals surface area contributed by atoms with Gasteiger partial charge in [0.15, 0.2) is 0 Å². The van der Waals surface area contributed by atoms with Crippen LogP contribution in [0.1, 0.15) is 40.8 Å². The van der Waals surface area contributed by atoms with Crippen molar-refractivity contribution in [2.24, 2.45) is 0 Å². The van der Waals surface area contributed by atoms with Gasteiger partial charge >= 0.3 is 0 Å². The average Bonchev–Trinajstić information content (AvgIpc) is 3.35.